The van der Waals surface area contributed by atoms with E-state index in [1.165, 1.54) is 12.8 Å². The third-order valence-corrected chi connectivity index (χ3v) is 3.86. The van der Waals surface area contributed by atoms with Gasteiger partial charge in [0.1, 0.15) is 0 Å². The molecule has 2 atom stereocenters. The van der Waals surface area contributed by atoms with Crippen molar-refractivity contribution < 1.29 is 0 Å². The molecule has 2 fully saturated rings. The Hall–Kier alpha value is 0. The second-order valence-corrected chi connectivity index (χ2v) is 3.89. The maximum atomic E-state index is 2.44. The quantitative estimate of drug-likeness (QED) is 0.504. The van der Waals surface area contributed by atoms with Crippen molar-refractivity contribution in [2.24, 2.45) is 17.3 Å². The highest BCUT2D eigenvalue weighted by Crippen LogP contribution is 2.70. The van der Waals surface area contributed by atoms with E-state index in [4.69, 9.17) is 0 Å². The van der Waals surface area contributed by atoms with Crippen molar-refractivity contribution in [1.82, 2.24) is 0 Å². The van der Waals surface area contributed by atoms with Gasteiger partial charge in [-0.2, -0.15) is 0 Å². The highest BCUT2D eigenvalue weighted by atomic mass is 14.7. The summed E-state index contributed by atoms with van der Waals surface area (Å²) in [4.78, 5) is 0. The molecular weight excluding hydrogens is 108 g/mol. The van der Waals surface area contributed by atoms with Gasteiger partial charge in [0, 0.05) is 0 Å². The Morgan fingerprint density at radius 3 is 2.22 bits per heavy atom. The topological polar surface area (TPSA) is 0 Å². The zero-order valence-electron chi connectivity index (χ0n) is 6.48. The molecule has 0 amide bonds. The molecule has 52 valence electrons. The van der Waals surface area contributed by atoms with Gasteiger partial charge in [0.15, 0.2) is 0 Å². The first-order valence-electron chi connectivity index (χ1n) is 4.31. The Bertz CT molecular complexity index is 122. The molecule has 2 aliphatic rings. The molecule has 0 saturated heterocycles. The zero-order chi connectivity index (χ0) is 6.48. The Morgan fingerprint density at radius 2 is 2.11 bits per heavy atom. The molecule has 0 aromatic rings. The van der Waals surface area contributed by atoms with Crippen LogP contribution in [0, 0.1) is 17.3 Å². The van der Waals surface area contributed by atoms with Gasteiger partial charge in [-0.3, -0.25) is 0 Å². The van der Waals surface area contributed by atoms with Crippen molar-refractivity contribution >= 4 is 0 Å². The Kier molecular flexibility index (Phi) is 0.980. The highest BCUT2D eigenvalue weighted by molar-refractivity contribution is 5.11. The van der Waals surface area contributed by atoms with Crippen LogP contribution in [0.5, 0.6) is 0 Å². The third-order valence-electron chi connectivity index (χ3n) is 3.86. The average molecular weight is 124 g/mol. The van der Waals surface area contributed by atoms with Crippen LogP contribution in [0.3, 0.4) is 0 Å². The van der Waals surface area contributed by atoms with Crippen molar-refractivity contribution in [3.63, 3.8) is 0 Å². The summed E-state index contributed by atoms with van der Waals surface area (Å²) in [5.74, 6) is 2.20. The summed E-state index contributed by atoms with van der Waals surface area (Å²) >= 11 is 0. The maximum absolute atomic E-state index is 2.44. The molecule has 9 heavy (non-hydrogen) atoms. The molecule has 2 unspecified atom stereocenters. The molecule has 0 nitrogen and oxygen atoms in total. The molecule has 0 aromatic carbocycles. The molecule has 0 bridgehead atoms. The van der Waals surface area contributed by atoms with Crippen LogP contribution in [0.15, 0.2) is 0 Å². The zero-order valence-corrected chi connectivity index (χ0v) is 6.48. The van der Waals surface area contributed by atoms with Crippen LogP contribution in [-0.4, -0.2) is 0 Å². The van der Waals surface area contributed by atoms with Crippen LogP contribution >= 0.6 is 0 Å². The number of rotatable bonds is 1. The number of hydrogen-bond donors (Lipinski definition) is 0. The predicted octanol–water partition coefficient (Wildman–Crippen LogP) is 2.83. The van der Waals surface area contributed by atoms with Gasteiger partial charge >= 0.3 is 0 Å². The summed E-state index contributed by atoms with van der Waals surface area (Å²) in [6.07, 6.45) is 6.04. The summed E-state index contributed by atoms with van der Waals surface area (Å²) < 4.78 is 0. The molecule has 1 spiro atoms. The summed E-state index contributed by atoms with van der Waals surface area (Å²) in [5.41, 5.74) is 0.898. The van der Waals surface area contributed by atoms with Gasteiger partial charge in [-0.25, -0.2) is 0 Å². The van der Waals surface area contributed by atoms with Gasteiger partial charge in [0.2, 0.25) is 0 Å². The molecule has 2 aliphatic carbocycles. The number of hydrogen-bond acceptors (Lipinski definition) is 0. The van der Waals surface area contributed by atoms with Gasteiger partial charge < -0.3 is 0 Å². The van der Waals surface area contributed by atoms with E-state index >= 15 is 0 Å². The monoisotopic (exact) mass is 124 g/mol. The predicted molar refractivity (Wildman–Crippen MR) is 39.2 cm³/mol. The minimum atomic E-state index is 0.898. The molecule has 0 heteroatoms. The minimum Gasteiger partial charge on any atom is -0.0651 e. The van der Waals surface area contributed by atoms with E-state index in [0.29, 0.717) is 0 Å². The van der Waals surface area contributed by atoms with Crippen molar-refractivity contribution in [2.45, 2.75) is 39.5 Å². The fourth-order valence-corrected chi connectivity index (χ4v) is 2.97. The van der Waals surface area contributed by atoms with Crippen molar-refractivity contribution in [2.75, 3.05) is 0 Å². The second-order valence-electron chi connectivity index (χ2n) is 3.89. The molecule has 0 aliphatic heterocycles. The first kappa shape index (κ1) is 5.76. The van der Waals surface area contributed by atoms with Gasteiger partial charge in [0.25, 0.3) is 0 Å². The van der Waals surface area contributed by atoms with Gasteiger partial charge in [0.05, 0.1) is 0 Å². The Morgan fingerprint density at radius 1 is 1.44 bits per heavy atom. The lowest BCUT2D eigenvalue weighted by molar-refractivity contribution is 0.241. The largest absolute Gasteiger partial charge is 0.0651 e. The van der Waals surface area contributed by atoms with Crippen LogP contribution in [0.1, 0.15) is 39.5 Å². The Balaban J connectivity index is 2.02. The fraction of sp³-hybridized carbons (Fsp3) is 1.00. The van der Waals surface area contributed by atoms with E-state index in [-0.39, 0.29) is 0 Å². The van der Waals surface area contributed by atoms with Gasteiger partial charge in [-0.1, -0.05) is 26.7 Å². The fourth-order valence-electron chi connectivity index (χ4n) is 2.97. The third kappa shape index (κ3) is 0.500. The van der Waals surface area contributed by atoms with Gasteiger partial charge in [-0.05, 0) is 30.1 Å². The molecule has 0 radical (unpaired) electrons. The van der Waals surface area contributed by atoms with E-state index in [2.05, 4.69) is 13.8 Å². The molecule has 2 saturated carbocycles. The SMILES string of the molecule is CCC1C(C)C12CCC2. The van der Waals surface area contributed by atoms with Crippen molar-refractivity contribution in [1.29, 1.82) is 0 Å². The van der Waals surface area contributed by atoms with Gasteiger partial charge in [-0.15, -0.1) is 0 Å². The molecular formula is C9H16. The lowest BCUT2D eigenvalue weighted by Gasteiger charge is -2.27. The van der Waals surface area contributed by atoms with Crippen molar-refractivity contribution in [3.8, 4) is 0 Å². The molecule has 0 heterocycles. The maximum Gasteiger partial charge on any atom is -0.0238 e. The van der Waals surface area contributed by atoms with Crippen molar-refractivity contribution in [3.05, 3.63) is 0 Å². The highest BCUT2D eigenvalue weighted by Gasteiger charge is 2.62. The van der Waals surface area contributed by atoms with Crippen LogP contribution in [0.4, 0.5) is 0 Å². The van der Waals surface area contributed by atoms with E-state index < -0.39 is 0 Å². The van der Waals surface area contributed by atoms with E-state index in [0.717, 1.165) is 17.3 Å². The van der Waals surface area contributed by atoms with E-state index in [9.17, 15) is 0 Å². The molecule has 0 aromatic heterocycles. The van der Waals surface area contributed by atoms with Crippen LogP contribution < -0.4 is 0 Å². The first-order valence-corrected chi connectivity index (χ1v) is 4.31. The minimum absolute atomic E-state index is 0.898. The average Bonchev–Trinajstić information content (AvgIpc) is 2.34. The standard InChI is InChI=1S/C9H16/c1-3-8-7(2)9(8)5-4-6-9/h7-8H,3-6H2,1-2H3. The molecule has 2 rings (SSSR count). The lowest BCUT2D eigenvalue weighted by Crippen LogP contribution is -2.15. The summed E-state index contributed by atoms with van der Waals surface area (Å²) in [7, 11) is 0. The summed E-state index contributed by atoms with van der Waals surface area (Å²) in [6, 6.07) is 0. The van der Waals surface area contributed by atoms with E-state index in [1.807, 2.05) is 0 Å². The Labute approximate surface area is 57.6 Å². The second kappa shape index (κ2) is 1.53. The smallest absolute Gasteiger partial charge is 0.0238 e. The first-order chi connectivity index (χ1) is 4.31. The summed E-state index contributed by atoms with van der Waals surface area (Å²) in [5, 5.41) is 0. The normalized spacial score (nSPS) is 44.7. The molecule has 0 N–H and O–H groups in total. The van der Waals surface area contributed by atoms with Crippen LogP contribution in [0.2, 0.25) is 0 Å². The van der Waals surface area contributed by atoms with Crippen LogP contribution in [-0.2, 0) is 0 Å². The van der Waals surface area contributed by atoms with Crippen LogP contribution in [0.25, 0.3) is 0 Å². The van der Waals surface area contributed by atoms with E-state index in [1.54, 1.807) is 12.8 Å². The lowest BCUT2D eigenvalue weighted by atomic mass is 9.78. The summed E-state index contributed by atoms with van der Waals surface area (Å²) in [6.45, 7) is 4.78.